The molecule has 0 spiro atoms. The first-order valence-electron chi connectivity index (χ1n) is 5.01. The van der Waals surface area contributed by atoms with Crippen molar-refractivity contribution < 1.29 is 9.59 Å². The van der Waals surface area contributed by atoms with Gasteiger partial charge >= 0.3 is 6.03 Å². The number of nitrogens with zero attached hydrogens (tertiary/aromatic N) is 1. The minimum Gasteiger partial charge on any atom is -0.351 e. The SMILES string of the molecule is CC(C)(C(=O)NC(N)=O)N1CCNCC1. The second kappa shape index (κ2) is 4.59. The summed E-state index contributed by atoms with van der Waals surface area (Å²) in [5, 5.41) is 5.32. The highest BCUT2D eigenvalue weighted by atomic mass is 16.2. The number of primary amides is 1. The Balaban J connectivity index is 2.62. The third kappa shape index (κ3) is 2.90. The molecular weight excluding hydrogens is 196 g/mol. The Morgan fingerprint density at radius 2 is 1.87 bits per heavy atom. The Labute approximate surface area is 89.2 Å². The van der Waals surface area contributed by atoms with Gasteiger partial charge in [0.15, 0.2) is 0 Å². The van der Waals surface area contributed by atoms with E-state index < -0.39 is 11.6 Å². The summed E-state index contributed by atoms with van der Waals surface area (Å²) in [6.45, 7) is 6.87. The molecule has 15 heavy (non-hydrogen) atoms. The van der Waals surface area contributed by atoms with Crippen LogP contribution in [0.15, 0.2) is 0 Å². The lowest BCUT2D eigenvalue weighted by Gasteiger charge is -2.39. The summed E-state index contributed by atoms with van der Waals surface area (Å²) in [4.78, 5) is 24.3. The van der Waals surface area contributed by atoms with Gasteiger partial charge in [-0.3, -0.25) is 15.0 Å². The van der Waals surface area contributed by atoms with E-state index in [-0.39, 0.29) is 5.91 Å². The standard InChI is InChI=1S/C9H18N4O2/c1-9(2,7(14)12-8(10)15)13-5-3-11-4-6-13/h11H,3-6H2,1-2H3,(H3,10,12,14,15). The maximum Gasteiger partial charge on any atom is 0.318 e. The van der Waals surface area contributed by atoms with Crippen LogP contribution in [0.25, 0.3) is 0 Å². The van der Waals surface area contributed by atoms with Crippen LogP contribution in [0, 0.1) is 0 Å². The second-order valence-electron chi connectivity index (χ2n) is 4.11. The number of amides is 3. The lowest BCUT2D eigenvalue weighted by molar-refractivity contribution is -0.130. The largest absolute Gasteiger partial charge is 0.351 e. The van der Waals surface area contributed by atoms with Crippen LogP contribution in [0.2, 0.25) is 0 Å². The van der Waals surface area contributed by atoms with Gasteiger partial charge in [0.05, 0.1) is 5.54 Å². The Morgan fingerprint density at radius 3 is 2.33 bits per heavy atom. The number of nitrogens with two attached hydrogens (primary N) is 1. The highest BCUT2D eigenvalue weighted by Crippen LogP contribution is 2.14. The molecule has 0 aromatic carbocycles. The van der Waals surface area contributed by atoms with Crippen LogP contribution in [0.4, 0.5) is 4.79 Å². The molecule has 1 heterocycles. The number of urea groups is 1. The fourth-order valence-electron chi connectivity index (χ4n) is 1.63. The fraction of sp³-hybridized carbons (Fsp3) is 0.778. The number of hydrogen-bond donors (Lipinski definition) is 3. The zero-order valence-electron chi connectivity index (χ0n) is 9.17. The molecule has 6 heteroatoms. The van der Waals surface area contributed by atoms with E-state index in [1.54, 1.807) is 13.8 Å². The van der Waals surface area contributed by atoms with Crippen LogP contribution in [0.1, 0.15) is 13.8 Å². The number of piperazine rings is 1. The van der Waals surface area contributed by atoms with Gasteiger partial charge < -0.3 is 11.1 Å². The minimum absolute atomic E-state index is 0.350. The van der Waals surface area contributed by atoms with Crippen molar-refractivity contribution in [2.45, 2.75) is 19.4 Å². The average molecular weight is 214 g/mol. The Hall–Kier alpha value is -1.14. The van der Waals surface area contributed by atoms with Crippen molar-refractivity contribution in [2.24, 2.45) is 5.73 Å². The molecule has 3 amide bonds. The summed E-state index contributed by atoms with van der Waals surface area (Å²) in [6.07, 6.45) is 0. The number of carbonyl (C=O) groups excluding carboxylic acids is 2. The molecular formula is C9H18N4O2. The van der Waals surface area contributed by atoms with Gasteiger partial charge in [0.1, 0.15) is 0 Å². The van der Waals surface area contributed by atoms with Crippen molar-refractivity contribution in [1.29, 1.82) is 0 Å². The molecule has 0 atom stereocenters. The molecule has 1 aliphatic heterocycles. The van der Waals surface area contributed by atoms with E-state index in [2.05, 4.69) is 10.6 Å². The maximum absolute atomic E-state index is 11.7. The normalized spacial score (nSPS) is 18.5. The molecule has 0 bridgehead atoms. The monoisotopic (exact) mass is 214 g/mol. The predicted molar refractivity (Wildman–Crippen MR) is 56.2 cm³/mol. The minimum atomic E-state index is -0.803. The van der Waals surface area contributed by atoms with E-state index in [1.165, 1.54) is 0 Å². The van der Waals surface area contributed by atoms with Crippen LogP contribution in [-0.2, 0) is 4.79 Å². The first kappa shape index (κ1) is 11.9. The summed E-state index contributed by atoms with van der Waals surface area (Å²) in [5.41, 5.74) is 4.22. The van der Waals surface area contributed by atoms with E-state index in [4.69, 9.17) is 5.73 Å². The fourth-order valence-corrected chi connectivity index (χ4v) is 1.63. The molecule has 0 aromatic heterocycles. The number of nitrogens with one attached hydrogen (secondary N) is 2. The van der Waals surface area contributed by atoms with Gasteiger partial charge in [-0.2, -0.15) is 0 Å². The lowest BCUT2D eigenvalue weighted by atomic mass is 10.0. The van der Waals surface area contributed by atoms with Gasteiger partial charge in [0, 0.05) is 26.2 Å². The Bertz CT molecular complexity index is 259. The van der Waals surface area contributed by atoms with Crippen LogP contribution in [-0.4, -0.2) is 48.6 Å². The number of rotatable bonds is 2. The summed E-state index contributed by atoms with van der Waals surface area (Å²) in [5.74, 6) is -0.350. The molecule has 0 saturated carbocycles. The first-order valence-corrected chi connectivity index (χ1v) is 5.01. The summed E-state index contributed by atoms with van der Waals surface area (Å²) >= 11 is 0. The molecule has 1 saturated heterocycles. The highest BCUT2D eigenvalue weighted by molar-refractivity contribution is 5.98. The van der Waals surface area contributed by atoms with Crippen LogP contribution < -0.4 is 16.4 Å². The zero-order chi connectivity index (χ0) is 11.5. The molecule has 6 nitrogen and oxygen atoms in total. The van der Waals surface area contributed by atoms with Crippen molar-refractivity contribution in [3.8, 4) is 0 Å². The summed E-state index contributed by atoms with van der Waals surface area (Å²) < 4.78 is 0. The van der Waals surface area contributed by atoms with Crippen molar-refractivity contribution in [3.63, 3.8) is 0 Å². The maximum atomic E-state index is 11.7. The van der Waals surface area contributed by atoms with Crippen molar-refractivity contribution in [3.05, 3.63) is 0 Å². The molecule has 0 aromatic rings. The van der Waals surface area contributed by atoms with Crippen molar-refractivity contribution in [1.82, 2.24) is 15.5 Å². The van der Waals surface area contributed by atoms with Gasteiger partial charge in [-0.05, 0) is 13.8 Å². The van der Waals surface area contributed by atoms with E-state index >= 15 is 0 Å². The average Bonchev–Trinajstić information content (AvgIpc) is 2.18. The van der Waals surface area contributed by atoms with Crippen molar-refractivity contribution in [2.75, 3.05) is 26.2 Å². The molecule has 1 fully saturated rings. The second-order valence-corrected chi connectivity index (χ2v) is 4.11. The number of hydrogen-bond acceptors (Lipinski definition) is 4. The van der Waals surface area contributed by atoms with Crippen LogP contribution in [0.3, 0.4) is 0 Å². The molecule has 1 aliphatic rings. The Kier molecular flexibility index (Phi) is 3.65. The van der Waals surface area contributed by atoms with Crippen LogP contribution in [0.5, 0.6) is 0 Å². The molecule has 0 radical (unpaired) electrons. The van der Waals surface area contributed by atoms with Crippen molar-refractivity contribution >= 4 is 11.9 Å². The quantitative estimate of drug-likeness (QED) is 0.542. The smallest absolute Gasteiger partial charge is 0.318 e. The summed E-state index contributed by atoms with van der Waals surface area (Å²) in [6, 6.07) is -0.803. The van der Waals surface area contributed by atoms with Gasteiger partial charge in [0.2, 0.25) is 5.91 Å². The van der Waals surface area contributed by atoms with E-state index in [0.717, 1.165) is 26.2 Å². The highest BCUT2D eigenvalue weighted by Gasteiger charge is 2.35. The molecule has 86 valence electrons. The third-order valence-corrected chi connectivity index (χ3v) is 2.70. The zero-order valence-corrected chi connectivity index (χ0v) is 9.17. The predicted octanol–water partition coefficient (Wildman–Crippen LogP) is -1.13. The topological polar surface area (TPSA) is 87.5 Å². The van der Waals surface area contributed by atoms with E-state index in [9.17, 15) is 9.59 Å². The van der Waals surface area contributed by atoms with Gasteiger partial charge in [-0.15, -0.1) is 0 Å². The Morgan fingerprint density at radius 1 is 1.33 bits per heavy atom. The molecule has 1 rings (SSSR count). The van der Waals surface area contributed by atoms with E-state index in [1.807, 2.05) is 4.90 Å². The number of carbonyl (C=O) groups is 2. The molecule has 0 aliphatic carbocycles. The van der Waals surface area contributed by atoms with E-state index in [0.29, 0.717) is 0 Å². The summed E-state index contributed by atoms with van der Waals surface area (Å²) in [7, 11) is 0. The van der Waals surface area contributed by atoms with Crippen LogP contribution >= 0.6 is 0 Å². The van der Waals surface area contributed by atoms with Gasteiger partial charge in [0.25, 0.3) is 0 Å². The number of imide groups is 1. The third-order valence-electron chi connectivity index (χ3n) is 2.70. The van der Waals surface area contributed by atoms with Gasteiger partial charge in [-0.25, -0.2) is 4.79 Å². The first-order chi connectivity index (χ1) is 6.94. The van der Waals surface area contributed by atoms with Gasteiger partial charge in [-0.1, -0.05) is 0 Å². The lowest BCUT2D eigenvalue weighted by Crippen LogP contribution is -2.61. The molecule has 4 N–H and O–H groups in total. The molecule has 0 unspecified atom stereocenters.